The van der Waals surface area contributed by atoms with Gasteiger partial charge in [-0.25, -0.2) is 4.79 Å². The van der Waals surface area contributed by atoms with Crippen LogP contribution < -0.4 is 10.6 Å². The molecule has 0 radical (unpaired) electrons. The van der Waals surface area contributed by atoms with E-state index >= 15 is 0 Å². The molecular weight excluding hydrogens is 282 g/mol. The van der Waals surface area contributed by atoms with Crippen LogP contribution in [0.3, 0.4) is 0 Å². The van der Waals surface area contributed by atoms with Crippen molar-refractivity contribution in [3.05, 3.63) is 46.7 Å². The smallest absolute Gasteiger partial charge is 0.319 e. The Bertz CT molecular complexity index is 649. The number of β-amino-alcohol motifs (C(OH)–C–C–N with tert-alkyl or cyclic N) is 1. The van der Waals surface area contributed by atoms with Gasteiger partial charge in [-0.15, -0.1) is 0 Å². The fourth-order valence-corrected chi connectivity index (χ4v) is 2.90. The summed E-state index contributed by atoms with van der Waals surface area (Å²) in [4.78, 5) is 26.0. The molecule has 6 heteroatoms. The first-order valence-corrected chi connectivity index (χ1v) is 7.30. The third-order valence-corrected chi connectivity index (χ3v) is 3.92. The molecule has 0 spiro atoms. The molecule has 116 valence electrons. The molecule has 2 heterocycles. The summed E-state index contributed by atoms with van der Waals surface area (Å²) < 4.78 is 0. The van der Waals surface area contributed by atoms with Crippen LogP contribution in [0.5, 0.6) is 0 Å². The molecule has 0 bridgehead atoms. The number of carbonyl (C=O) groups is 2. The number of amides is 3. The Labute approximate surface area is 128 Å². The van der Waals surface area contributed by atoms with Gasteiger partial charge in [0.1, 0.15) is 0 Å². The van der Waals surface area contributed by atoms with Gasteiger partial charge in [-0.3, -0.25) is 4.79 Å². The monoisotopic (exact) mass is 301 g/mol. The summed E-state index contributed by atoms with van der Waals surface area (Å²) in [7, 11) is 0. The quantitative estimate of drug-likeness (QED) is 0.773. The summed E-state index contributed by atoms with van der Waals surface area (Å²) in [6.07, 6.45) is -0.605. The van der Waals surface area contributed by atoms with E-state index in [0.717, 1.165) is 11.1 Å². The van der Waals surface area contributed by atoms with E-state index in [1.54, 1.807) is 11.8 Å². The predicted octanol–water partition coefficient (Wildman–Crippen LogP) is 0.826. The Morgan fingerprint density at radius 3 is 2.64 bits per heavy atom. The second kappa shape index (κ2) is 5.46. The number of benzene rings is 1. The van der Waals surface area contributed by atoms with Crippen molar-refractivity contribution in [2.45, 2.75) is 26.0 Å². The van der Waals surface area contributed by atoms with Gasteiger partial charge in [0.05, 0.1) is 30.0 Å². The van der Waals surface area contributed by atoms with Crippen LogP contribution >= 0.6 is 0 Å². The Hall–Kier alpha value is -2.34. The summed E-state index contributed by atoms with van der Waals surface area (Å²) in [6.45, 7) is 4.20. The van der Waals surface area contributed by atoms with Gasteiger partial charge >= 0.3 is 6.03 Å². The highest BCUT2D eigenvalue weighted by Crippen LogP contribution is 2.32. The molecule has 1 aromatic rings. The fraction of sp³-hybridized carbons (Fsp3) is 0.375. The Kier molecular flexibility index (Phi) is 3.62. The zero-order valence-corrected chi connectivity index (χ0v) is 12.6. The van der Waals surface area contributed by atoms with Crippen LogP contribution in [0.2, 0.25) is 0 Å². The molecule has 1 aromatic carbocycles. The molecule has 2 aliphatic heterocycles. The molecule has 6 nitrogen and oxygen atoms in total. The van der Waals surface area contributed by atoms with E-state index < -0.39 is 12.1 Å². The molecule has 0 aromatic heterocycles. The maximum Gasteiger partial charge on any atom is 0.319 e. The summed E-state index contributed by atoms with van der Waals surface area (Å²) >= 11 is 0. The first-order valence-electron chi connectivity index (χ1n) is 7.30. The maximum absolute atomic E-state index is 12.6. The normalized spacial score (nSPS) is 22.3. The van der Waals surface area contributed by atoms with Crippen molar-refractivity contribution < 1.29 is 14.7 Å². The first kappa shape index (κ1) is 14.6. The minimum atomic E-state index is -0.605. The highest BCUT2D eigenvalue weighted by molar-refractivity contribution is 6.01. The summed E-state index contributed by atoms with van der Waals surface area (Å²) in [5.41, 5.74) is 3.18. The molecule has 0 saturated heterocycles. The number of carbonyl (C=O) groups excluding carboxylic acids is 2. The molecule has 2 atom stereocenters. The molecule has 22 heavy (non-hydrogen) atoms. The second-order valence-corrected chi connectivity index (χ2v) is 5.87. The highest BCUT2D eigenvalue weighted by Gasteiger charge is 2.40. The van der Waals surface area contributed by atoms with Gasteiger partial charge in [0.2, 0.25) is 0 Å². The van der Waals surface area contributed by atoms with E-state index in [0.29, 0.717) is 17.8 Å². The van der Waals surface area contributed by atoms with Crippen molar-refractivity contribution >= 4 is 11.9 Å². The lowest BCUT2D eigenvalue weighted by molar-refractivity contribution is -0.126. The van der Waals surface area contributed by atoms with E-state index in [1.807, 2.05) is 31.2 Å². The van der Waals surface area contributed by atoms with Crippen molar-refractivity contribution in [2.75, 3.05) is 13.1 Å². The molecule has 3 N–H and O–H groups in total. The van der Waals surface area contributed by atoms with Crippen molar-refractivity contribution in [1.29, 1.82) is 0 Å². The van der Waals surface area contributed by atoms with E-state index in [-0.39, 0.29) is 18.5 Å². The minimum absolute atomic E-state index is 0.144. The molecule has 0 saturated carbocycles. The number of nitrogens with zero attached hydrogens (tertiary/aromatic N) is 1. The molecular formula is C16H19N3O3. The van der Waals surface area contributed by atoms with Crippen molar-refractivity contribution in [3.8, 4) is 0 Å². The zero-order chi connectivity index (χ0) is 15.9. The van der Waals surface area contributed by atoms with Gasteiger partial charge in [0, 0.05) is 6.54 Å². The second-order valence-electron chi connectivity index (χ2n) is 5.87. The van der Waals surface area contributed by atoms with Gasteiger partial charge < -0.3 is 20.6 Å². The zero-order valence-electron chi connectivity index (χ0n) is 12.6. The standard InChI is InChI=1S/C16H19N3O3/c1-9-3-5-11(6-4-9)14-13-12(17-16(22)18-14)8-19(15(13)21)7-10(2)20/h3-6,10,14,20H,7-8H2,1-2H3,(H2,17,18,22)/t10-,14+/m1/s1. The third kappa shape index (κ3) is 2.57. The fourth-order valence-electron chi connectivity index (χ4n) is 2.90. The van der Waals surface area contributed by atoms with E-state index in [9.17, 15) is 14.7 Å². The summed E-state index contributed by atoms with van der Waals surface area (Å²) in [6, 6.07) is 6.99. The van der Waals surface area contributed by atoms with Crippen LogP contribution in [0.1, 0.15) is 24.1 Å². The number of aliphatic hydroxyl groups is 1. The summed E-state index contributed by atoms with van der Waals surface area (Å²) in [5.74, 6) is -0.144. The molecule has 0 fully saturated rings. The van der Waals surface area contributed by atoms with Crippen LogP contribution in [0.4, 0.5) is 4.79 Å². The Morgan fingerprint density at radius 2 is 2.00 bits per heavy atom. The average molecular weight is 301 g/mol. The van der Waals surface area contributed by atoms with Crippen LogP contribution in [0.15, 0.2) is 35.5 Å². The first-order chi connectivity index (χ1) is 10.5. The van der Waals surface area contributed by atoms with Gasteiger partial charge in [-0.05, 0) is 19.4 Å². The van der Waals surface area contributed by atoms with E-state index in [2.05, 4.69) is 10.6 Å². The van der Waals surface area contributed by atoms with Crippen LogP contribution in [0, 0.1) is 6.92 Å². The van der Waals surface area contributed by atoms with Crippen LogP contribution in [0.25, 0.3) is 0 Å². The van der Waals surface area contributed by atoms with E-state index in [1.165, 1.54) is 0 Å². The van der Waals surface area contributed by atoms with Gasteiger partial charge in [-0.2, -0.15) is 0 Å². The molecule has 0 unspecified atom stereocenters. The molecule has 0 aliphatic carbocycles. The van der Waals surface area contributed by atoms with Crippen LogP contribution in [-0.4, -0.2) is 41.1 Å². The summed E-state index contributed by atoms with van der Waals surface area (Å²) in [5, 5.41) is 15.0. The van der Waals surface area contributed by atoms with Crippen molar-refractivity contribution in [1.82, 2.24) is 15.5 Å². The Morgan fingerprint density at radius 1 is 1.32 bits per heavy atom. The SMILES string of the molecule is Cc1ccc([C@@H]2NC(=O)NC3=C2C(=O)N(C[C@@H](C)O)C3)cc1. The average Bonchev–Trinajstić information content (AvgIpc) is 2.74. The number of aliphatic hydroxyl groups excluding tert-OH is 1. The van der Waals surface area contributed by atoms with Gasteiger partial charge in [0.15, 0.2) is 0 Å². The lowest BCUT2D eigenvalue weighted by Gasteiger charge is -2.25. The lowest BCUT2D eigenvalue weighted by Crippen LogP contribution is -2.44. The molecule has 2 aliphatic rings. The molecule has 3 rings (SSSR count). The maximum atomic E-state index is 12.6. The topological polar surface area (TPSA) is 81.7 Å². The van der Waals surface area contributed by atoms with Crippen molar-refractivity contribution in [3.63, 3.8) is 0 Å². The minimum Gasteiger partial charge on any atom is -0.392 e. The van der Waals surface area contributed by atoms with E-state index in [4.69, 9.17) is 0 Å². The Balaban J connectivity index is 1.94. The van der Waals surface area contributed by atoms with Gasteiger partial charge in [0.25, 0.3) is 5.91 Å². The third-order valence-electron chi connectivity index (χ3n) is 3.92. The van der Waals surface area contributed by atoms with Crippen molar-refractivity contribution in [2.24, 2.45) is 0 Å². The largest absolute Gasteiger partial charge is 0.392 e. The number of nitrogens with one attached hydrogen (secondary N) is 2. The number of urea groups is 1. The number of hydrogen-bond donors (Lipinski definition) is 3. The number of aryl methyl sites for hydroxylation is 1. The number of hydrogen-bond acceptors (Lipinski definition) is 3. The molecule has 3 amide bonds. The van der Waals surface area contributed by atoms with Gasteiger partial charge in [-0.1, -0.05) is 29.8 Å². The predicted molar refractivity (Wildman–Crippen MR) is 80.9 cm³/mol. The lowest BCUT2D eigenvalue weighted by atomic mass is 9.95. The highest BCUT2D eigenvalue weighted by atomic mass is 16.3. The number of rotatable bonds is 3. The van der Waals surface area contributed by atoms with Crippen LogP contribution in [-0.2, 0) is 4.79 Å².